The fourth-order valence-electron chi connectivity index (χ4n) is 1.79. The molecule has 0 aromatic heterocycles. The van der Waals surface area contributed by atoms with Crippen molar-refractivity contribution in [3.63, 3.8) is 0 Å². The molecule has 2 heterocycles. The van der Waals surface area contributed by atoms with Crippen LogP contribution in [-0.4, -0.2) is 54.7 Å². The number of rotatable bonds is 3. The van der Waals surface area contributed by atoms with Crippen molar-refractivity contribution in [3.05, 3.63) is 0 Å². The van der Waals surface area contributed by atoms with E-state index in [0.29, 0.717) is 6.61 Å². The maximum atomic E-state index is 9.63. The third-order valence-corrected chi connectivity index (χ3v) is 2.50. The van der Waals surface area contributed by atoms with Crippen LogP contribution in [0.25, 0.3) is 0 Å². The number of amidine groups is 1. The van der Waals surface area contributed by atoms with Crippen molar-refractivity contribution in [2.45, 2.75) is 26.2 Å². The lowest BCUT2D eigenvalue weighted by Gasteiger charge is -2.21. The Morgan fingerprint density at radius 2 is 2.25 bits per heavy atom. The molecule has 0 amide bonds. The van der Waals surface area contributed by atoms with Crippen LogP contribution in [0.3, 0.4) is 0 Å². The van der Waals surface area contributed by atoms with Gasteiger partial charge in [0.2, 0.25) is 0 Å². The van der Waals surface area contributed by atoms with Crippen molar-refractivity contribution in [1.82, 2.24) is 4.90 Å². The first-order chi connectivity index (χ1) is 7.74. The van der Waals surface area contributed by atoms with Crippen molar-refractivity contribution >= 4 is 11.8 Å². The molecule has 0 unspecified atom stereocenters. The second kappa shape index (κ2) is 7.22. The quantitative estimate of drug-likeness (QED) is 0.782. The molecule has 0 bridgehead atoms. The van der Waals surface area contributed by atoms with Gasteiger partial charge in [-0.05, 0) is 19.8 Å². The number of carboxylic acid groups (broad SMARTS) is 1. The zero-order valence-electron chi connectivity index (χ0n) is 9.81. The lowest BCUT2D eigenvalue weighted by Crippen LogP contribution is -2.29. The van der Waals surface area contributed by atoms with E-state index in [0.717, 1.165) is 6.54 Å². The van der Waals surface area contributed by atoms with Crippen LogP contribution in [0, 0.1) is 0 Å². The van der Waals surface area contributed by atoms with Gasteiger partial charge in [-0.2, -0.15) is 0 Å². The van der Waals surface area contributed by atoms with E-state index in [1.165, 1.54) is 38.2 Å². The van der Waals surface area contributed by atoms with E-state index >= 15 is 0 Å². The highest BCUT2D eigenvalue weighted by Gasteiger charge is 2.19. The summed E-state index contributed by atoms with van der Waals surface area (Å²) in [6.45, 7) is 5.63. The van der Waals surface area contributed by atoms with Crippen LogP contribution in [0.5, 0.6) is 0 Å². The Kier molecular flexibility index (Phi) is 5.85. The van der Waals surface area contributed by atoms with E-state index in [1.54, 1.807) is 6.92 Å². The maximum Gasteiger partial charge on any atom is 0.329 e. The second-order valence-corrected chi connectivity index (χ2v) is 3.77. The van der Waals surface area contributed by atoms with Crippen molar-refractivity contribution in [1.29, 1.82) is 0 Å². The number of aliphatic imine (C=N–C) groups is 1. The molecular formula is C11H20N2O3. The summed E-state index contributed by atoms with van der Waals surface area (Å²) in [6, 6.07) is 0. The summed E-state index contributed by atoms with van der Waals surface area (Å²) < 4.78 is 4.50. The van der Waals surface area contributed by atoms with Gasteiger partial charge in [0.05, 0.1) is 5.84 Å². The topological polar surface area (TPSA) is 62.1 Å². The summed E-state index contributed by atoms with van der Waals surface area (Å²) in [5.74, 6) is 0.461. The number of ether oxygens (including phenoxy) is 1. The number of hydrogen-bond acceptors (Lipinski definition) is 4. The van der Waals surface area contributed by atoms with Crippen molar-refractivity contribution in [2.24, 2.45) is 4.99 Å². The van der Waals surface area contributed by atoms with Gasteiger partial charge >= 0.3 is 5.97 Å². The molecule has 5 heteroatoms. The van der Waals surface area contributed by atoms with Crippen LogP contribution in [-0.2, 0) is 9.53 Å². The molecule has 0 atom stereocenters. The highest BCUT2D eigenvalue weighted by Crippen LogP contribution is 2.14. The van der Waals surface area contributed by atoms with E-state index in [9.17, 15) is 4.79 Å². The van der Waals surface area contributed by atoms with Crippen molar-refractivity contribution in [3.8, 4) is 0 Å². The standard InChI is InChI=1S/C7H12N2.C4H8O3/c1-3-7-8-4-2-6-9(7)5-1;1-2-7-3-4(5)6/h1-6H2;2-3H2,1H3,(H,5,6). The lowest BCUT2D eigenvalue weighted by molar-refractivity contribution is -0.142. The van der Waals surface area contributed by atoms with Crippen LogP contribution in [0.15, 0.2) is 4.99 Å². The van der Waals surface area contributed by atoms with E-state index in [-0.39, 0.29) is 6.61 Å². The third kappa shape index (κ3) is 4.61. The molecule has 0 aromatic rings. The summed E-state index contributed by atoms with van der Waals surface area (Å²) in [5, 5.41) is 7.92. The Balaban J connectivity index is 0.000000168. The largest absolute Gasteiger partial charge is 0.480 e. The summed E-state index contributed by atoms with van der Waals surface area (Å²) in [7, 11) is 0. The first-order valence-electron chi connectivity index (χ1n) is 5.82. The van der Waals surface area contributed by atoms with Crippen LogP contribution in [0.2, 0.25) is 0 Å². The zero-order chi connectivity index (χ0) is 11.8. The minimum Gasteiger partial charge on any atom is -0.480 e. The lowest BCUT2D eigenvalue weighted by atomic mass is 10.3. The molecule has 1 saturated heterocycles. The van der Waals surface area contributed by atoms with Gasteiger partial charge in [-0.25, -0.2) is 4.79 Å². The van der Waals surface area contributed by atoms with Gasteiger partial charge in [0.1, 0.15) is 6.61 Å². The summed E-state index contributed by atoms with van der Waals surface area (Å²) in [6.07, 6.45) is 3.84. The fourth-order valence-corrected chi connectivity index (χ4v) is 1.79. The number of fused-ring (bicyclic) bond motifs is 1. The molecule has 92 valence electrons. The van der Waals surface area contributed by atoms with Crippen molar-refractivity contribution in [2.75, 3.05) is 32.8 Å². The highest BCUT2D eigenvalue weighted by atomic mass is 16.5. The Hall–Kier alpha value is -1.10. The molecule has 1 N–H and O–H groups in total. The predicted molar refractivity (Wildman–Crippen MR) is 61.9 cm³/mol. The van der Waals surface area contributed by atoms with Crippen LogP contribution in [0.1, 0.15) is 26.2 Å². The van der Waals surface area contributed by atoms with Crippen LogP contribution < -0.4 is 0 Å². The van der Waals surface area contributed by atoms with E-state index < -0.39 is 5.97 Å². The number of carbonyl (C=O) groups is 1. The van der Waals surface area contributed by atoms with Gasteiger partial charge in [0.15, 0.2) is 0 Å². The zero-order valence-corrected chi connectivity index (χ0v) is 9.81. The summed E-state index contributed by atoms with van der Waals surface area (Å²) in [4.78, 5) is 16.5. The number of nitrogens with zero attached hydrogens (tertiary/aromatic N) is 2. The average molecular weight is 228 g/mol. The predicted octanol–water partition coefficient (Wildman–Crippen LogP) is 0.992. The Morgan fingerprint density at radius 3 is 2.81 bits per heavy atom. The molecule has 0 spiro atoms. The Labute approximate surface area is 96.1 Å². The Morgan fingerprint density at radius 1 is 1.50 bits per heavy atom. The Bertz CT molecular complexity index is 254. The fraction of sp³-hybridized carbons (Fsp3) is 0.818. The molecular weight excluding hydrogens is 208 g/mol. The monoisotopic (exact) mass is 228 g/mol. The molecule has 2 aliphatic rings. The number of aliphatic carboxylic acids is 1. The van der Waals surface area contributed by atoms with E-state index in [2.05, 4.69) is 14.6 Å². The summed E-state index contributed by atoms with van der Waals surface area (Å²) in [5.41, 5.74) is 0. The van der Waals surface area contributed by atoms with Crippen LogP contribution in [0.4, 0.5) is 0 Å². The van der Waals surface area contributed by atoms with Crippen molar-refractivity contribution < 1.29 is 14.6 Å². The average Bonchev–Trinajstić information content (AvgIpc) is 2.75. The molecule has 0 radical (unpaired) electrons. The van der Waals surface area contributed by atoms with Gasteiger partial charge in [0.25, 0.3) is 0 Å². The van der Waals surface area contributed by atoms with Gasteiger partial charge in [-0.3, -0.25) is 4.99 Å². The van der Waals surface area contributed by atoms with E-state index in [4.69, 9.17) is 5.11 Å². The number of hydrogen-bond donors (Lipinski definition) is 1. The summed E-state index contributed by atoms with van der Waals surface area (Å²) >= 11 is 0. The molecule has 16 heavy (non-hydrogen) atoms. The normalized spacial score (nSPS) is 18.3. The molecule has 1 fully saturated rings. The maximum absolute atomic E-state index is 9.63. The second-order valence-electron chi connectivity index (χ2n) is 3.77. The van der Waals surface area contributed by atoms with Gasteiger partial charge in [-0.1, -0.05) is 0 Å². The molecule has 0 aromatic carbocycles. The third-order valence-electron chi connectivity index (χ3n) is 2.50. The first kappa shape index (κ1) is 13.0. The van der Waals surface area contributed by atoms with Crippen LogP contribution >= 0.6 is 0 Å². The molecule has 0 saturated carbocycles. The van der Waals surface area contributed by atoms with Gasteiger partial charge in [-0.15, -0.1) is 0 Å². The molecule has 0 aliphatic carbocycles. The minimum absolute atomic E-state index is 0.184. The SMILES string of the molecule is C1CN=C2CCCN2C1.CCOCC(=O)O. The molecule has 2 aliphatic heterocycles. The highest BCUT2D eigenvalue weighted by molar-refractivity contribution is 5.84. The number of carboxylic acids is 1. The van der Waals surface area contributed by atoms with Gasteiger partial charge < -0.3 is 14.7 Å². The molecule has 2 rings (SSSR count). The van der Waals surface area contributed by atoms with E-state index in [1.807, 2.05) is 0 Å². The molecule has 5 nitrogen and oxygen atoms in total. The minimum atomic E-state index is -0.915. The smallest absolute Gasteiger partial charge is 0.329 e. The van der Waals surface area contributed by atoms with Gasteiger partial charge in [0, 0.05) is 32.7 Å². The first-order valence-corrected chi connectivity index (χ1v) is 5.82.